The zero-order chi connectivity index (χ0) is 15.4. The lowest BCUT2D eigenvalue weighted by Crippen LogP contribution is -2.28. The van der Waals surface area contributed by atoms with Gasteiger partial charge in [-0.1, -0.05) is 30.3 Å². The van der Waals surface area contributed by atoms with Crippen LogP contribution in [0.1, 0.15) is 29.3 Å². The van der Waals surface area contributed by atoms with Crippen LogP contribution in [0.25, 0.3) is 0 Å². The number of benzene rings is 1. The third kappa shape index (κ3) is 3.40. The van der Waals surface area contributed by atoms with Crippen LogP contribution in [0, 0.1) is 19.3 Å². The molecule has 0 saturated carbocycles. The van der Waals surface area contributed by atoms with E-state index in [0.29, 0.717) is 0 Å². The first-order valence-corrected chi connectivity index (χ1v) is 7.14. The molecule has 0 aliphatic heterocycles. The number of pyridine rings is 1. The van der Waals surface area contributed by atoms with Crippen LogP contribution < -0.4 is 10.6 Å². The molecule has 2 rings (SSSR count). The fourth-order valence-electron chi connectivity index (χ4n) is 2.52. The van der Waals surface area contributed by atoms with E-state index in [4.69, 9.17) is 11.1 Å². The minimum atomic E-state index is 0.0708. The van der Waals surface area contributed by atoms with Crippen molar-refractivity contribution < 1.29 is 0 Å². The Kier molecular flexibility index (Phi) is 4.58. The summed E-state index contributed by atoms with van der Waals surface area (Å²) in [6.07, 6.45) is 0. The molecule has 0 atom stereocenters. The van der Waals surface area contributed by atoms with Crippen LogP contribution >= 0.6 is 0 Å². The summed E-state index contributed by atoms with van der Waals surface area (Å²) in [6, 6.07) is 12.2. The molecular weight excluding hydrogens is 260 g/mol. The van der Waals surface area contributed by atoms with Crippen molar-refractivity contribution >= 4 is 11.7 Å². The van der Waals surface area contributed by atoms with Gasteiger partial charge in [-0.3, -0.25) is 5.41 Å². The molecule has 0 unspecified atom stereocenters. The Hall–Kier alpha value is -2.36. The predicted octanol–water partition coefficient (Wildman–Crippen LogP) is 3.01. The van der Waals surface area contributed by atoms with E-state index in [9.17, 15) is 0 Å². The maximum absolute atomic E-state index is 7.85. The lowest BCUT2D eigenvalue weighted by Gasteiger charge is -2.25. The standard InChI is InChI=1S/C17H22N4/c1-4-21(11-14-8-6-5-7-9-14)17-15(16(18)19)12(2)10-13(3)20-17/h5-10H,4,11H2,1-3H3,(H3,18,19). The molecular formula is C17H22N4. The molecule has 1 aromatic heterocycles. The number of nitrogens with one attached hydrogen (secondary N) is 1. The van der Waals surface area contributed by atoms with Gasteiger partial charge >= 0.3 is 0 Å². The molecule has 1 aromatic carbocycles. The van der Waals surface area contributed by atoms with E-state index < -0.39 is 0 Å². The molecule has 0 radical (unpaired) electrons. The lowest BCUT2D eigenvalue weighted by molar-refractivity contribution is 0.807. The van der Waals surface area contributed by atoms with Gasteiger partial charge in [0.1, 0.15) is 11.7 Å². The number of nitrogens with two attached hydrogens (primary N) is 1. The predicted molar refractivity (Wildman–Crippen MR) is 87.9 cm³/mol. The van der Waals surface area contributed by atoms with Crippen molar-refractivity contribution in [2.24, 2.45) is 5.73 Å². The molecule has 1 heterocycles. The molecule has 3 N–H and O–H groups in total. The van der Waals surface area contributed by atoms with Gasteiger partial charge in [0.25, 0.3) is 0 Å². The minimum absolute atomic E-state index is 0.0708. The van der Waals surface area contributed by atoms with E-state index in [1.807, 2.05) is 38.1 Å². The summed E-state index contributed by atoms with van der Waals surface area (Å²) in [6.45, 7) is 7.60. The minimum Gasteiger partial charge on any atom is -0.384 e. The highest BCUT2D eigenvalue weighted by Crippen LogP contribution is 2.23. The third-order valence-electron chi connectivity index (χ3n) is 3.49. The Labute approximate surface area is 126 Å². The number of anilines is 1. The van der Waals surface area contributed by atoms with Crippen molar-refractivity contribution in [2.75, 3.05) is 11.4 Å². The van der Waals surface area contributed by atoms with Crippen LogP contribution in [0.5, 0.6) is 0 Å². The summed E-state index contributed by atoms with van der Waals surface area (Å²) in [5.74, 6) is 0.868. The molecule has 4 nitrogen and oxygen atoms in total. The lowest BCUT2D eigenvalue weighted by atomic mass is 10.1. The second kappa shape index (κ2) is 6.39. The summed E-state index contributed by atoms with van der Waals surface area (Å²) in [4.78, 5) is 6.79. The second-order valence-corrected chi connectivity index (χ2v) is 5.19. The van der Waals surface area contributed by atoms with Gasteiger partial charge < -0.3 is 10.6 Å². The van der Waals surface area contributed by atoms with Crippen LogP contribution in [0.2, 0.25) is 0 Å². The van der Waals surface area contributed by atoms with Gasteiger partial charge in [-0.05, 0) is 38.0 Å². The Morgan fingerprint density at radius 2 is 1.90 bits per heavy atom. The van der Waals surface area contributed by atoms with Gasteiger partial charge in [0.2, 0.25) is 0 Å². The number of nitrogens with zero attached hydrogens (tertiary/aromatic N) is 2. The largest absolute Gasteiger partial charge is 0.384 e. The number of aromatic nitrogens is 1. The fourth-order valence-corrected chi connectivity index (χ4v) is 2.52. The molecule has 2 aromatic rings. The summed E-state index contributed by atoms with van der Waals surface area (Å²) >= 11 is 0. The summed E-state index contributed by atoms with van der Waals surface area (Å²) in [7, 11) is 0. The molecule has 0 amide bonds. The molecule has 0 aliphatic carbocycles. The number of hydrogen-bond acceptors (Lipinski definition) is 3. The summed E-state index contributed by atoms with van der Waals surface area (Å²) in [5.41, 5.74) is 9.66. The second-order valence-electron chi connectivity index (χ2n) is 5.19. The van der Waals surface area contributed by atoms with Crippen molar-refractivity contribution in [3.8, 4) is 0 Å². The van der Waals surface area contributed by atoms with E-state index in [0.717, 1.165) is 35.7 Å². The fraction of sp³-hybridized carbons (Fsp3) is 0.294. The van der Waals surface area contributed by atoms with Gasteiger partial charge in [-0.15, -0.1) is 0 Å². The van der Waals surface area contributed by atoms with Crippen LogP contribution in [0.3, 0.4) is 0 Å². The van der Waals surface area contributed by atoms with Gasteiger partial charge in [-0.25, -0.2) is 4.98 Å². The van der Waals surface area contributed by atoms with Gasteiger partial charge in [0, 0.05) is 18.8 Å². The first kappa shape index (κ1) is 15.0. The van der Waals surface area contributed by atoms with Gasteiger partial charge in [0.15, 0.2) is 0 Å². The van der Waals surface area contributed by atoms with E-state index >= 15 is 0 Å². The van der Waals surface area contributed by atoms with Gasteiger partial charge in [-0.2, -0.15) is 0 Å². The molecule has 0 bridgehead atoms. The number of hydrogen-bond donors (Lipinski definition) is 2. The Morgan fingerprint density at radius 3 is 2.48 bits per heavy atom. The van der Waals surface area contributed by atoms with Crippen molar-refractivity contribution in [2.45, 2.75) is 27.3 Å². The number of rotatable bonds is 5. The molecule has 0 aliphatic rings. The molecule has 110 valence electrons. The van der Waals surface area contributed by atoms with E-state index in [-0.39, 0.29) is 5.84 Å². The van der Waals surface area contributed by atoms with E-state index in [1.54, 1.807) is 0 Å². The highest BCUT2D eigenvalue weighted by Gasteiger charge is 2.17. The van der Waals surface area contributed by atoms with Crippen LogP contribution in [0.15, 0.2) is 36.4 Å². The third-order valence-corrected chi connectivity index (χ3v) is 3.49. The average molecular weight is 282 g/mol. The van der Waals surface area contributed by atoms with E-state index in [2.05, 4.69) is 28.9 Å². The Bertz CT molecular complexity index is 635. The van der Waals surface area contributed by atoms with E-state index in [1.165, 1.54) is 5.56 Å². The quantitative estimate of drug-likeness (QED) is 0.654. The van der Waals surface area contributed by atoms with Crippen molar-refractivity contribution in [1.82, 2.24) is 4.98 Å². The van der Waals surface area contributed by atoms with Crippen LogP contribution in [-0.2, 0) is 6.54 Å². The molecule has 0 spiro atoms. The van der Waals surface area contributed by atoms with Crippen LogP contribution in [0.4, 0.5) is 5.82 Å². The Balaban J connectivity index is 2.44. The first-order chi connectivity index (χ1) is 10.0. The summed E-state index contributed by atoms with van der Waals surface area (Å²) < 4.78 is 0. The number of amidine groups is 1. The first-order valence-electron chi connectivity index (χ1n) is 7.14. The molecule has 0 fully saturated rings. The summed E-state index contributed by atoms with van der Waals surface area (Å²) in [5, 5.41) is 7.85. The Morgan fingerprint density at radius 1 is 1.24 bits per heavy atom. The highest BCUT2D eigenvalue weighted by molar-refractivity contribution is 6.01. The number of nitrogen functional groups attached to an aromatic ring is 1. The zero-order valence-electron chi connectivity index (χ0n) is 12.9. The molecule has 0 saturated heterocycles. The normalized spacial score (nSPS) is 10.4. The van der Waals surface area contributed by atoms with Crippen molar-refractivity contribution in [1.29, 1.82) is 5.41 Å². The monoisotopic (exact) mass is 282 g/mol. The number of aryl methyl sites for hydroxylation is 2. The van der Waals surface area contributed by atoms with Crippen LogP contribution in [-0.4, -0.2) is 17.4 Å². The molecule has 4 heteroatoms. The molecule has 21 heavy (non-hydrogen) atoms. The maximum atomic E-state index is 7.85. The van der Waals surface area contributed by atoms with Crippen molar-refractivity contribution in [3.05, 3.63) is 58.8 Å². The topological polar surface area (TPSA) is 66.0 Å². The average Bonchev–Trinajstić information content (AvgIpc) is 2.44. The highest BCUT2D eigenvalue weighted by atomic mass is 15.2. The SMILES string of the molecule is CCN(Cc1ccccc1)c1nc(C)cc(C)c1C(=N)N. The maximum Gasteiger partial charge on any atom is 0.140 e. The zero-order valence-corrected chi connectivity index (χ0v) is 12.9. The van der Waals surface area contributed by atoms with Crippen molar-refractivity contribution in [3.63, 3.8) is 0 Å². The smallest absolute Gasteiger partial charge is 0.140 e. The van der Waals surface area contributed by atoms with Gasteiger partial charge in [0.05, 0.1) is 5.56 Å².